The number of nitrogens with one attached hydrogen (secondary N) is 1. The fraction of sp³-hybridized carbons (Fsp3) is 0.643. The number of thiophene rings is 1. The highest BCUT2D eigenvalue weighted by Gasteiger charge is 2.19. The van der Waals surface area contributed by atoms with Crippen LogP contribution in [0.5, 0.6) is 0 Å². The molecule has 0 spiro atoms. The molecule has 0 atom stereocenters. The van der Waals surface area contributed by atoms with Crippen molar-refractivity contribution in [3.63, 3.8) is 0 Å². The molecule has 1 N–H and O–H groups in total. The first kappa shape index (κ1) is 16.8. The highest BCUT2D eigenvalue weighted by molar-refractivity contribution is 8.15. The molecule has 0 unspecified atom stereocenters. The molecule has 1 aliphatic carbocycles. The number of hydrogen-bond donors (Lipinski definition) is 1. The molecule has 0 aliphatic heterocycles. The van der Waals surface area contributed by atoms with Gasteiger partial charge in [-0.2, -0.15) is 0 Å². The summed E-state index contributed by atoms with van der Waals surface area (Å²) in [5.74, 6) is 0.285. The van der Waals surface area contributed by atoms with Gasteiger partial charge in [-0.1, -0.05) is 25.7 Å². The second-order valence-electron chi connectivity index (χ2n) is 5.39. The van der Waals surface area contributed by atoms with Gasteiger partial charge < -0.3 is 5.32 Å². The maximum atomic E-state index is 12.1. The summed E-state index contributed by atoms with van der Waals surface area (Å²) in [7, 11) is 1.65. The van der Waals surface area contributed by atoms with Crippen molar-refractivity contribution in [2.24, 2.45) is 5.92 Å². The predicted octanol–water partition coefficient (Wildman–Crippen LogP) is 3.30. The molecule has 0 saturated heterocycles. The van der Waals surface area contributed by atoms with Crippen molar-refractivity contribution >= 4 is 37.0 Å². The molecule has 0 bridgehead atoms. The van der Waals surface area contributed by atoms with Crippen molar-refractivity contribution < 1.29 is 13.2 Å². The van der Waals surface area contributed by atoms with Crippen molar-refractivity contribution in [1.82, 2.24) is 5.32 Å². The fourth-order valence-corrected chi connectivity index (χ4v) is 4.74. The lowest BCUT2D eigenvalue weighted by Crippen LogP contribution is -2.31. The van der Waals surface area contributed by atoms with Crippen LogP contribution < -0.4 is 5.32 Å². The van der Waals surface area contributed by atoms with Crippen LogP contribution in [0, 0.1) is 5.92 Å². The average Bonchev–Trinajstić information content (AvgIpc) is 2.73. The van der Waals surface area contributed by atoms with E-state index in [-0.39, 0.29) is 16.0 Å². The van der Waals surface area contributed by atoms with Crippen LogP contribution in [0.15, 0.2) is 16.3 Å². The SMILES string of the molecule is O=C(NCCc1ccc(S(=O)(=O)Cl)s1)C1CCCCCC1. The smallest absolute Gasteiger partial charge is 0.270 e. The Morgan fingerprint density at radius 1 is 1.24 bits per heavy atom. The van der Waals surface area contributed by atoms with Gasteiger partial charge in [0.05, 0.1) is 0 Å². The number of amides is 1. The van der Waals surface area contributed by atoms with E-state index in [1.165, 1.54) is 18.9 Å². The topological polar surface area (TPSA) is 63.2 Å². The Kier molecular flexibility index (Phi) is 6.08. The minimum Gasteiger partial charge on any atom is -0.356 e. The molecule has 1 aromatic rings. The third kappa shape index (κ3) is 5.27. The Morgan fingerprint density at radius 2 is 1.90 bits per heavy atom. The van der Waals surface area contributed by atoms with Gasteiger partial charge in [-0.3, -0.25) is 4.79 Å². The second kappa shape index (κ2) is 7.61. The molecule has 21 heavy (non-hydrogen) atoms. The Balaban J connectivity index is 1.78. The van der Waals surface area contributed by atoms with E-state index in [4.69, 9.17) is 10.7 Å². The summed E-state index contributed by atoms with van der Waals surface area (Å²) in [6.45, 7) is 0.539. The molecule has 118 valence electrons. The molecule has 0 aromatic carbocycles. The second-order valence-corrected chi connectivity index (χ2v) is 9.35. The Morgan fingerprint density at radius 3 is 2.48 bits per heavy atom. The zero-order valence-corrected chi connectivity index (χ0v) is 14.2. The predicted molar refractivity (Wildman–Crippen MR) is 85.3 cm³/mol. The number of carbonyl (C=O) groups excluding carboxylic acids is 1. The number of carbonyl (C=O) groups is 1. The van der Waals surface area contributed by atoms with E-state index in [0.29, 0.717) is 13.0 Å². The third-order valence-corrected chi connectivity index (χ3v) is 7.01. The highest BCUT2D eigenvalue weighted by Crippen LogP contribution is 2.25. The minimum absolute atomic E-state index is 0.138. The summed E-state index contributed by atoms with van der Waals surface area (Å²) in [6, 6.07) is 3.26. The Hall–Kier alpha value is -0.590. The zero-order chi connectivity index (χ0) is 15.3. The lowest BCUT2D eigenvalue weighted by atomic mass is 9.99. The maximum Gasteiger partial charge on any atom is 0.270 e. The molecule has 0 radical (unpaired) electrons. The van der Waals surface area contributed by atoms with Gasteiger partial charge in [0, 0.05) is 28.0 Å². The van der Waals surface area contributed by atoms with Crippen molar-refractivity contribution in [1.29, 1.82) is 0 Å². The first-order valence-corrected chi connectivity index (χ1v) is 10.4. The zero-order valence-electron chi connectivity index (χ0n) is 11.8. The molecule has 1 saturated carbocycles. The van der Waals surface area contributed by atoms with E-state index in [0.717, 1.165) is 41.9 Å². The summed E-state index contributed by atoms with van der Waals surface area (Å²) in [5.41, 5.74) is 0. The fourth-order valence-electron chi connectivity index (χ4n) is 2.62. The van der Waals surface area contributed by atoms with Crippen LogP contribution in [0.2, 0.25) is 0 Å². The standard InChI is InChI=1S/C14H20ClNO3S2/c15-21(18,19)13-8-7-12(20-13)9-10-16-14(17)11-5-3-1-2-4-6-11/h7-8,11H,1-6,9-10H2,(H,16,17). The summed E-state index contributed by atoms with van der Waals surface area (Å²) >= 11 is 1.16. The molecule has 1 aliphatic rings. The van der Waals surface area contributed by atoms with Gasteiger partial charge in [0.1, 0.15) is 4.21 Å². The number of rotatable bonds is 5. The van der Waals surface area contributed by atoms with Gasteiger partial charge in [-0.05, 0) is 31.4 Å². The molecular formula is C14H20ClNO3S2. The molecular weight excluding hydrogens is 330 g/mol. The van der Waals surface area contributed by atoms with E-state index < -0.39 is 9.05 Å². The van der Waals surface area contributed by atoms with Crippen LogP contribution in [-0.4, -0.2) is 20.9 Å². The Labute approximate surface area is 134 Å². The van der Waals surface area contributed by atoms with Gasteiger partial charge in [0.15, 0.2) is 0 Å². The highest BCUT2D eigenvalue weighted by atomic mass is 35.7. The van der Waals surface area contributed by atoms with Crippen molar-refractivity contribution in [3.05, 3.63) is 17.0 Å². The summed E-state index contributed by atoms with van der Waals surface area (Å²) < 4.78 is 22.5. The van der Waals surface area contributed by atoms with E-state index in [2.05, 4.69) is 5.32 Å². The van der Waals surface area contributed by atoms with Crippen LogP contribution in [0.25, 0.3) is 0 Å². The van der Waals surface area contributed by atoms with Crippen LogP contribution in [0.4, 0.5) is 0 Å². The normalized spacial score (nSPS) is 17.4. The lowest BCUT2D eigenvalue weighted by Gasteiger charge is -2.13. The van der Waals surface area contributed by atoms with Crippen LogP contribution in [-0.2, 0) is 20.3 Å². The van der Waals surface area contributed by atoms with Gasteiger partial charge in [-0.15, -0.1) is 11.3 Å². The van der Waals surface area contributed by atoms with Crippen molar-refractivity contribution in [2.45, 2.75) is 49.2 Å². The molecule has 2 rings (SSSR count). The van der Waals surface area contributed by atoms with Gasteiger partial charge in [0.2, 0.25) is 5.91 Å². The van der Waals surface area contributed by atoms with Gasteiger partial charge in [0.25, 0.3) is 9.05 Å². The maximum absolute atomic E-state index is 12.1. The molecule has 1 aromatic heterocycles. The quantitative estimate of drug-likeness (QED) is 0.655. The number of hydrogen-bond acceptors (Lipinski definition) is 4. The molecule has 1 fully saturated rings. The summed E-state index contributed by atoms with van der Waals surface area (Å²) in [4.78, 5) is 13.0. The van der Waals surface area contributed by atoms with Crippen LogP contribution in [0.3, 0.4) is 0 Å². The Bertz CT molecular complexity index is 575. The van der Waals surface area contributed by atoms with Crippen molar-refractivity contribution in [2.75, 3.05) is 6.54 Å². The summed E-state index contributed by atoms with van der Waals surface area (Å²) in [6.07, 6.45) is 7.34. The van der Waals surface area contributed by atoms with Crippen LogP contribution >= 0.6 is 22.0 Å². The molecule has 1 amide bonds. The van der Waals surface area contributed by atoms with Crippen LogP contribution in [0.1, 0.15) is 43.4 Å². The van der Waals surface area contributed by atoms with Gasteiger partial charge >= 0.3 is 0 Å². The van der Waals surface area contributed by atoms with Gasteiger partial charge in [-0.25, -0.2) is 8.42 Å². The molecule has 7 heteroatoms. The van der Waals surface area contributed by atoms with E-state index >= 15 is 0 Å². The van der Waals surface area contributed by atoms with E-state index in [9.17, 15) is 13.2 Å². The molecule has 4 nitrogen and oxygen atoms in total. The molecule has 1 heterocycles. The lowest BCUT2D eigenvalue weighted by molar-refractivity contribution is -0.125. The first-order valence-electron chi connectivity index (χ1n) is 7.28. The monoisotopic (exact) mass is 349 g/mol. The van der Waals surface area contributed by atoms with E-state index in [1.807, 2.05) is 0 Å². The average molecular weight is 350 g/mol. The largest absolute Gasteiger partial charge is 0.356 e. The number of halogens is 1. The van der Waals surface area contributed by atoms with E-state index in [1.54, 1.807) is 6.07 Å². The minimum atomic E-state index is -3.64. The van der Waals surface area contributed by atoms with Crippen molar-refractivity contribution in [3.8, 4) is 0 Å². The third-order valence-electron chi connectivity index (χ3n) is 3.77. The summed E-state index contributed by atoms with van der Waals surface area (Å²) in [5, 5.41) is 2.96. The first-order chi connectivity index (χ1) is 9.97.